The van der Waals surface area contributed by atoms with Crippen LogP contribution in [0.3, 0.4) is 0 Å². The maximum Gasteiger partial charge on any atom is 0.119 e. The Kier molecular flexibility index (Phi) is 7.46. The molecule has 0 atom stereocenters. The van der Waals surface area contributed by atoms with E-state index in [0.29, 0.717) is 23.2 Å². The summed E-state index contributed by atoms with van der Waals surface area (Å²) < 4.78 is 11.2. The van der Waals surface area contributed by atoms with Gasteiger partial charge in [-0.1, -0.05) is 53.0 Å². The van der Waals surface area contributed by atoms with E-state index in [1.165, 1.54) is 0 Å². The molecule has 0 saturated carbocycles. The predicted molar refractivity (Wildman–Crippen MR) is 129 cm³/mol. The lowest BCUT2D eigenvalue weighted by molar-refractivity contribution is 0.122. The van der Waals surface area contributed by atoms with Crippen molar-refractivity contribution in [3.8, 4) is 5.75 Å². The van der Waals surface area contributed by atoms with E-state index >= 15 is 0 Å². The Bertz CT molecular complexity index is 1020. The Morgan fingerprint density at radius 3 is 2.26 bits per heavy atom. The minimum atomic E-state index is 0.433. The summed E-state index contributed by atoms with van der Waals surface area (Å²) in [5.41, 5.74) is 4.16. The van der Waals surface area contributed by atoms with Crippen molar-refractivity contribution in [1.82, 2.24) is 0 Å². The summed E-state index contributed by atoms with van der Waals surface area (Å²) in [7, 11) is 0. The van der Waals surface area contributed by atoms with Gasteiger partial charge in [-0.15, -0.1) is 0 Å². The van der Waals surface area contributed by atoms with Crippen molar-refractivity contribution in [3.63, 3.8) is 0 Å². The molecule has 0 spiro atoms. The lowest BCUT2D eigenvalue weighted by atomic mass is 10.2. The molecular formula is C24H23Cl3N2O2. The third-order valence-corrected chi connectivity index (χ3v) is 6.15. The average molecular weight is 478 g/mol. The Balaban J connectivity index is 1.29. The molecule has 1 saturated heterocycles. The fourth-order valence-corrected chi connectivity index (χ4v) is 4.00. The largest absolute Gasteiger partial charge is 0.489 e. The number of halogens is 3. The first-order valence-corrected chi connectivity index (χ1v) is 11.2. The third kappa shape index (κ3) is 5.98. The summed E-state index contributed by atoms with van der Waals surface area (Å²) in [6.45, 7) is 4.34. The maximum atomic E-state index is 6.51. The van der Waals surface area contributed by atoms with E-state index in [0.717, 1.165) is 59.6 Å². The smallest absolute Gasteiger partial charge is 0.119 e. The minimum Gasteiger partial charge on any atom is -0.489 e. The molecule has 1 N–H and O–H groups in total. The molecule has 0 aliphatic carbocycles. The van der Waals surface area contributed by atoms with Gasteiger partial charge in [0.25, 0.3) is 0 Å². The van der Waals surface area contributed by atoms with Gasteiger partial charge in [-0.3, -0.25) is 0 Å². The zero-order valence-corrected chi connectivity index (χ0v) is 19.2. The first kappa shape index (κ1) is 22.1. The van der Waals surface area contributed by atoms with Crippen LogP contribution in [-0.2, 0) is 17.9 Å². The van der Waals surface area contributed by atoms with Gasteiger partial charge < -0.3 is 19.7 Å². The second-order valence-electron chi connectivity index (χ2n) is 7.30. The quantitative estimate of drug-likeness (QED) is 0.412. The molecule has 0 unspecified atom stereocenters. The van der Waals surface area contributed by atoms with E-state index in [1.54, 1.807) is 6.07 Å². The SMILES string of the molecule is Clc1ccc(COc2ccc(CNc3ccc(N4CCOCC4)c(Cl)c3)cc2)cc1Cl. The first-order valence-electron chi connectivity index (χ1n) is 10.1. The molecule has 0 amide bonds. The molecule has 3 aromatic carbocycles. The summed E-state index contributed by atoms with van der Waals surface area (Å²) in [6, 6.07) is 19.6. The van der Waals surface area contributed by atoms with Gasteiger partial charge in [0.2, 0.25) is 0 Å². The van der Waals surface area contributed by atoms with Gasteiger partial charge in [-0.2, -0.15) is 0 Å². The molecule has 7 heteroatoms. The van der Waals surface area contributed by atoms with Crippen LogP contribution in [0.1, 0.15) is 11.1 Å². The zero-order chi connectivity index (χ0) is 21.6. The highest BCUT2D eigenvalue weighted by molar-refractivity contribution is 6.42. The molecule has 31 heavy (non-hydrogen) atoms. The van der Waals surface area contributed by atoms with E-state index in [4.69, 9.17) is 44.3 Å². The summed E-state index contributed by atoms with van der Waals surface area (Å²) in [4.78, 5) is 2.26. The molecule has 1 heterocycles. The van der Waals surface area contributed by atoms with Gasteiger partial charge >= 0.3 is 0 Å². The lowest BCUT2D eigenvalue weighted by Crippen LogP contribution is -2.36. The highest BCUT2D eigenvalue weighted by Crippen LogP contribution is 2.30. The first-order chi connectivity index (χ1) is 15.1. The second kappa shape index (κ2) is 10.5. The van der Waals surface area contributed by atoms with E-state index < -0.39 is 0 Å². The van der Waals surface area contributed by atoms with Gasteiger partial charge in [0.1, 0.15) is 12.4 Å². The number of nitrogens with one attached hydrogen (secondary N) is 1. The summed E-state index contributed by atoms with van der Waals surface area (Å²) in [5.74, 6) is 0.799. The van der Waals surface area contributed by atoms with Crippen LogP contribution < -0.4 is 15.0 Å². The monoisotopic (exact) mass is 476 g/mol. The fourth-order valence-electron chi connectivity index (χ4n) is 3.38. The van der Waals surface area contributed by atoms with Crippen LogP contribution in [0.2, 0.25) is 15.1 Å². The number of benzene rings is 3. The van der Waals surface area contributed by atoms with Crippen molar-refractivity contribution in [2.75, 3.05) is 36.5 Å². The van der Waals surface area contributed by atoms with Crippen molar-refractivity contribution < 1.29 is 9.47 Å². The van der Waals surface area contributed by atoms with E-state index in [-0.39, 0.29) is 0 Å². The number of rotatable bonds is 7. The Morgan fingerprint density at radius 1 is 0.806 bits per heavy atom. The van der Waals surface area contributed by atoms with Crippen LogP contribution in [0.15, 0.2) is 60.7 Å². The van der Waals surface area contributed by atoms with Crippen molar-refractivity contribution in [2.24, 2.45) is 0 Å². The molecule has 1 fully saturated rings. The van der Waals surface area contributed by atoms with Crippen LogP contribution >= 0.6 is 34.8 Å². The fraction of sp³-hybridized carbons (Fsp3) is 0.250. The maximum absolute atomic E-state index is 6.51. The Hall–Kier alpha value is -2.11. The molecule has 4 nitrogen and oxygen atoms in total. The summed E-state index contributed by atoms with van der Waals surface area (Å²) in [6.07, 6.45) is 0. The number of morpholine rings is 1. The molecule has 1 aliphatic heterocycles. The number of hydrogen-bond donors (Lipinski definition) is 1. The highest BCUT2D eigenvalue weighted by atomic mass is 35.5. The van der Waals surface area contributed by atoms with Crippen LogP contribution in [0.25, 0.3) is 0 Å². The van der Waals surface area contributed by atoms with Crippen LogP contribution in [-0.4, -0.2) is 26.3 Å². The molecular weight excluding hydrogens is 455 g/mol. The standard InChI is InChI=1S/C24H23Cl3N2O2/c25-21-7-3-18(13-22(21)26)16-31-20-5-1-17(2-6-20)15-28-19-4-8-24(23(27)14-19)29-9-11-30-12-10-29/h1-8,13-14,28H,9-12,15-16H2. The highest BCUT2D eigenvalue weighted by Gasteiger charge is 2.14. The van der Waals surface area contributed by atoms with E-state index in [2.05, 4.69) is 22.3 Å². The summed E-state index contributed by atoms with van der Waals surface area (Å²) in [5, 5.41) is 5.24. The number of nitrogens with zero attached hydrogens (tertiary/aromatic N) is 1. The lowest BCUT2D eigenvalue weighted by Gasteiger charge is -2.29. The van der Waals surface area contributed by atoms with Crippen molar-refractivity contribution in [1.29, 1.82) is 0 Å². The minimum absolute atomic E-state index is 0.433. The zero-order valence-electron chi connectivity index (χ0n) is 16.9. The molecule has 0 radical (unpaired) electrons. The topological polar surface area (TPSA) is 33.7 Å². The van der Waals surface area contributed by atoms with Gasteiger partial charge in [0.05, 0.1) is 34.0 Å². The van der Waals surface area contributed by atoms with Crippen LogP contribution in [0, 0.1) is 0 Å². The van der Waals surface area contributed by atoms with E-state index in [9.17, 15) is 0 Å². The molecule has 0 bridgehead atoms. The Labute approximate surface area is 197 Å². The molecule has 4 rings (SSSR count). The molecule has 1 aliphatic rings. The normalized spacial score (nSPS) is 13.8. The summed E-state index contributed by atoms with van der Waals surface area (Å²) >= 11 is 18.5. The average Bonchev–Trinajstić information content (AvgIpc) is 2.80. The number of anilines is 2. The van der Waals surface area contributed by atoms with Crippen molar-refractivity contribution in [2.45, 2.75) is 13.2 Å². The predicted octanol–water partition coefficient (Wildman–Crippen LogP) is 6.67. The van der Waals surface area contributed by atoms with Gasteiger partial charge in [0, 0.05) is 25.3 Å². The van der Waals surface area contributed by atoms with Crippen LogP contribution in [0.5, 0.6) is 5.75 Å². The number of hydrogen-bond acceptors (Lipinski definition) is 4. The van der Waals surface area contributed by atoms with Crippen molar-refractivity contribution >= 4 is 46.2 Å². The van der Waals surface area contributed by atoms with Crippen molar-refractivity contribution in [3.05, 3.63) is 86.9 Å². The van der Waals surface area contributed by atoms with Gasteiger partial charge in [-0.05, 0) is 53.6 Å². The van der Waals surface area contributed by atoms with Crippen LogP contribution in [0.4, 0.5) is 11.4 Å². The third-order valence-electron chi connectivity index (χ3n) is 5.11. The van der Waals surface area contributed by atoms with Gasteiger partial charge in [-0.25, -0.2) is 0 Å². The Morgan fingerprint density at radius 2 is 1.55 bits per heavy atom. The van der Waals surface area contributed by atoms with E-state index in [1.807, 2.05) is 42.5 Å². The molecule has 162 valence electrons. The molecule has 0 aromatic heterocycles. The second-order valence-corrected chi connectivity index (χ2v) is 8.52. The number of ether oxygens (including phenoxy) is 2. The van der Waals surface area contributed by atoms with Gasteiger partial charge in [0.15, 0.2) is 0 Å². The molecule has 3 aromatic rings.